The van der Waals surface area contributed by atoms with Crippen LogP contribution in [0.1, 0.15) is 37.2 Å². The van der Waals surface area contributed by atoms with E-state index in [9.17, 15) is 0 Å². The molecule has 2 heteroatoms. The Hall–Kier alpha value is -1.67. The van der Waals surface area contributed by atoms with E-state index in [0.717, 1.165) is 30.8 Å². The Kier molecular flexibility index (Phi) is 4.91. The summed E-state index contributed by atoms with van der Waals surface area (Å²) < 4.78 is 0. The zero-order chi connectivity index (χ0) is 14.4. The average Bonchev–Trinajstić information content (AvgIpc) is 2.45. The van der Waals surface area contributed by atoms with Gasteiger partial charge in [0.1, 0.15) is 0 Å². The summed E-state index contributed by atoms with van der Waals surface area (Å²) in [6, 6.07) is 16.8. The maximum atomic E-state index is 4.53. The highest BCUT2D eigenvalue weighted by molar-refractivity contribution is 5.15. The summed E-state index contributed by atoms with van der Waals surface area (Å²) in [6.45, 7) is 7.37. The second kappa shape index (κ2) is 6.67. The highest BCUT2D eigenvalue weighted by Crippen LogP contribution is 2.14. The third-order valence-corrected chi connectivity index (χ3v) is 3.58. The fraction of sp³-hybridized carbons (Fsp3) is 0.389. The van der Waals surface area contributed by atoms with E-state index in [4.69, 9.17) is 0 Å². The Morgan fingerprint density at radius 1 is 1.00 bits per heavy atom. The molecule has 0 aliphatic rings. The normalized spacial score (nSPS) is 11.6. The lowest BCUT2D eigenvalue weighted by molar-refractivity contribution is 0.358. The Morgan fingerprint density at radius 2 is 1.75 bits per heavy atom. The van der Waals surface area contributed by atoms with Crippen molar-refractivity contribution in [3.8, 4) is 0 Å². The molecule has 0 saturated heterocycles. The van der Waals surface area contributed by atoms with Gasteiger partial charge in [-0.1, -0.05) is 36.4 Å². The minimum atomic E-state index is 0.112. The number of hydrogen-bond acceptors (Lipinski definition) is 2. The van der Waals surface area contributed by atoms with Crippen molar-refractivity contribution in [1.29, 1.82) is 0 Å². The van der Waals surface area contributed by atoms with Crippen LogP contribution in [0.3, 0.4) is 0 Å². The van der Waals surface area contributed by atoms with Gasteiger partial charge in [0.15, 0.2) is 0 Å². The number of aryl methyl sites for hydroxylation is 2. The van der Waals surface area contributed by atoms with Crippen LogP contribution >= 0.6 is 0 Å². The van der Waals surface area contributed by atoms with Crippen LogP contribution < -0.4 is 5.32 Å². The van der Waals surface area contributed by atoms with E-state index in [-0.39, 0.29) is 5.54 Å². The highest BCUT2D eigenvalue weighted by atomic mass is 15.0. The first-order valence-corrected chi connectivity index (χ1v) is 7.27. The third kappa shape index (κ3) is 4.78. The molecule has 0 radical (unpaired) electrons. The van der Waals surface area contributed by atoms with Gasteiger partial charge in [0.25, 0.3) is 0 Å². The van der Waals surface area contributed by atoms with Gasteiger partial charge in [-0.15, -0.1) is 0 Å². The molecule has 0 aliphatic carbocycles. The zero-order valence-corrected chi connectivity index (χ0v) is 12.7. The lowest BCUT2D eigenvalue weighted by Gasteiger charge is -2.26. The van der Waals surface area contributed by atoms with E-state index in [2.05, 4.69) is 66.6 Å². The molecule has 20 heavy (non-hydrogen) atoms. The first-order chi connectivity index (χ1) is 9.55. The average molecular weight is 268 g/mol. The zero-order valence-electron chi connectivity index (χ0n) is 12.7. The molecule has 0 saturated carbocycles. The van der Waals surface area contributed by atoms with Gasteiger partial charge < -0.3 is 5.32 Å². The van der Waals surface area contributed by atoms with Crippen molar-refractivity contribution >= 4 is 0 Å². The van der Waals surface area contributed by atoms with Gasteiger partial charge in [0, 0.05) is 17.8 Å². The SMILES string of the molecule is Cc1cccc(CNC(C)(C)CCc2ccccc2)n1. The minimum absolute atomic E-state index is 0.112. The first kappa shape index (κ1) is 14.7. The Morgan fingerprint density at radius 3 is 2.45 bits per heavy atom. The maximum Gasteiger partial charge on any atom is 0.0545 e. The molecule has 106 valence electrons. The van der Waals surface area contributed by atoms with E-state index >= 15 is 0 Å². The van der Waals surface area contributed by atoms with Crippen molar-refractivity contribution in [2.45, 2.75) is 45.7 Å². The summed E-state index contributed by atoms with van der Waals surface area (Å²) in [5.74, 6) is 0. The standard InChI is InChI=1S/C18H24N2/c1-15-8-7-11-17(20-15)14-19-18(2,3)13-12-16-9-5-4-6-10-16/h4-11,19H,12-14H2,1-3H3. The van der Waals surface area contributed by atoms with E-state index in [1.807, 2.05) is 13.0 Å². The van der Waals surface area contributed by atoms with E-state index < -0.39 is 0 Å². The monoisotopic (exact) mass is 268 g/mol. The molecule has 2 nitrogen and oxygen atoms in total. The number of nitrogens with one attached hydrogen (secondary N) is 1. The molecule has 0 unspecified atom stereocenters. The first-order valence-electron chi connectivity index (χ1n) is 7.27. The summed E-state index contributed by atoms with van der Waals surface area (Å²) in [5.41, 5.74) is 3.70. The van der Waals surface area contributed by atoms with Gasteiger partial charge >= 0.3 is 0 Å². The molecular formula is C18H24N2. The van der Waals surface area contributed by atoms with Gasteiger partial charge in [0.2, 0.25) is 0 Å². The van der Waals surface area contributed by atoms with E-state index in [1.54, 1.807) is 0 Å². The molecule has 0 spiro atoms. The minimum Gasteiger partial charge on any atom is -0.306 e. The van der Waals surface area contributed by atoms with E-state index in [0.29, 0.717) is 0 Å². The Bertz CT molecular complexity index is 532. The van der Waals surface area contributed by atoms with Crippen LogP contribution in [0, 0.1) is 6.92 Å². The second-order valence-corrected chi connectivity index (χ2v) is 5.99. The van der Waals surface area contributed by atoms with Gasteiger partial charge in [-0.3, -0.25) is 4.98 Å². The van der Waals surface area contributed by atoms with Crippen molar-refractivity contribution in [3.05, 3.63) is 65.5 Å². The molecule has 0 aliphatic heterocycles. The van der Waals surface area contributed by atoms with Crippen molar-refractivity contribution in [3.63, 3.8) is 0 Å². The fourth-order valence-electron chi connectivity index (χ4n) is 2.22. The lowest BCUT2D eigenvalue weighted by Crippen LogP contribution is -2.39. The number of nitrogens with zero attached hydrogens (tertiary/aromatic N) is 1. The molecule has 1 heterocycles. The smallest absolute Gasteiger partial charge is 0.0545 e. The molecule has 0 bridgehead atoms. The lowest BCUT2D eigenvalue weighted by atomic mass is 9.95. The summed E-state index contributed by atoms with van der Waals surface area (Å²) in [7, 11) is 0. The van der Waals surface area contributed by atoms with Gasteiger partial charge in [-0.2, -0.15) is 0 Å². The van der Waals surface area contributed by atoms with Gasteiger partial charge in [0.05, 0.1) is 5.69 Å². The highest BCUT2D eigenvalue weighted by Gasteiger charge is 2.16. The predicted molar refractivity (Wildman–Crippen MR) is 84.7 cm³/mol. The number of hydrogen-bond donors (Lipinski definition) is 1. The van der Waals surface area contributed by atoms with Gasteiger partial charge in [-0.25, -0.2) is 0 Å². The second-order valence-electron chi connectivity index (χ2n) is 5.99. The predicted octanol–water partition coefficient (Wildman–Crippen LogP) is 3.89. The topological polar surface area (TPSA) is 24.9 Å². The van der Waals surface area contributed by atoms with Crippen LogP contribution in [0.5, 0.6) is 0 Å². The largest absolute Gasteiger partial charge is 0.306 e. The molecule has 0 amide bonds. The van der Waals surface area contributed by atoms with Crippen molar-refractivity contribution in [1.82, 2.24) is 10.3 Å². The van der Waals surface area contributed by atoms with Crippen molar-refractivity contribution in [2.75, 3.05) is 0 Å². The number of aromatic nitrogens is 1. The summed E-state index contributed by atoms with van der Waals surface area (Å²) in [6.07, 6.45) is 2.21. The Labute approximate surface area is 122 Å². The summed E-state index contributed by atoms with van der Waals surface area (Å²) >= 11 is 0. The number of benzene rings is 1. The fourth-order valence-corrected chi connectivity index (χ4v) is 2.22. The summed E-state index contributed by atoms with van der Waals surface area (Å²) in [4.78, 5) is 4.53. The summed E-state index contributed by atoms with van der Waals surface area (Å²) in [5, 5.41) is 3.61. The Balaban J connectivity index is 1.84. The van der Waals surface area contributed by atoms with Crippen LogP contribution in [0.15, 0.2) is 48.5 Å². The molecule has 2 aromatic rings. The van der Waals surface area contributed by atoms with Crippen LogP contribution in [0.25, 0.3) is 0 Å². The third-order valence-electron chi connectivity index (χ3n) is 3.58. The molecule has 1 aromatic carbocycles. The number of pyridine rings is 1. The van der Waals surface area contributed by atoms with Crippen LogP contribution in [0.4, 0.5) is 0 Å². The number of rotatable bonds is 6. The maximum absolute atomic E-state index is 4.53. The van der Waals surface area contributed by atoms with Gasteiger partial charge in [-0.05, 0) is 51.3 Å². The molecule has 0 atom stereocenters. The molecule has 2 rings (SSSR count). The quantitative estimate of drug-likeness (QED) is 0.859. The van der Waals surface area contributed by atoms with E-state index in [1.165, 1.54) is 5.56 Å². The molecule has 1 N–H and O–H groups in total. The molecular weight excluding hydrogens is 244 g/mol. The molecule has 0 fully saturated rings. The van der Waals surface area contributed by atoms with Crippen LogP contribution in [0.2, 0.25) is 0 Å². The van der Waals surface area contributed by atoms with Crippen LogP contribution in [-0.2, 0) is 13.0 Å². The van der Waals surface area contributed by atoms with Crippen molar-refractivity contribution in [2.24, 2.45) is 0 Å². The van der Waals surface area contributed by atoms with Crippen molar-refractivity contribution < 1.29 is 0 Å². The molecule has 1 aromatic heterocycles. The van der Waals surface area contributed by atoms with Crippen LogP contribution in [-0.4, -0.2) is 10.5 Å².